The molecule has 0 fully saturated rings. The maximum atomic E-state index is 6.38. The molecule has 96 valence electrons. The number of rotatable bonds is 5. The van der Waals surface area contributed by atoms with Crippen LogP contribution in [-0.2, 0) is 0 Å². The number of aryl methyl sites for hydroxylation is 1. The molecule has 2 rings (SSSR count). The van der Waals surface area contributed by atoms with E-state index in [-0.39, 0.29) is 6.04 Å². The van der Waals surface area contributed by atoms with E-state index in [0.29, 0.717) is 0 Å². The minimum Gasteiger partial charge on any atom is -0.306 e. The van der Waals surface area contributed by atoms with E-state index in [9.17, 15) is 0 Å². The van der Waals surface area contributed by atoms with Crippen LogP contribution in [0.1, 0.15) is 36.1 Å². The Hall–Kier alpha value is -0.830. The quantitative estimate of drug-likeness (QED) is 0.829. The molecular formula is C15H18ClNS. The molecule has 0 aliphatic heterocycles. The van der Waals surface area contributed by atoms with Gasteiger partial charge in [0.1, 0.15) is 0 Å². The Morgan fingerprint density at radius 2 is 2.17 bits per heavy atom. The summed E-state index contributed by atoms with van der Waals surface area (Å²) >= 11 is 8.11. The van der Waals surface area contributed by atoms with Crippen LogP contribution in [0.4, 0.5) is 0 Å². The second kappa shape index (κ2) is 6.37. The van der Waals surface area contributed by atoms with Gasteiger partial charge >= 0.3 is 0 Å². The summed E-state index contributed by atoms with van der Waals surface area (Å²) in [7, 11) is 0. The fourth-order valence-corrected chi connectivity index (χ4v) is 3.03. The second-order valence-corrected chi connectivity index (χ2v) is 5.66. The molecule has 1 atom stereocenters. The van der Waals surface area contributed by atoms with E-state index in [1.807, 2.05) is 6.07 Å². The van der Waals surface area contributed by atoms with E-state index in [4.69, 9.17) is 11.6 Å². The van der Waals surface area contributed by atoms with Gasteiger partial charge in [0.2, 0.25) is 0 Å². The topological polar surface area (TPSA) is 12.0 Å². The Kier molecular flexibility index (Phi) is 4.81. The lowest BCUT2D eigenvalue weighted by Gasteiger charge is -2.19. The van der Waals surface area contributed by atoms with Gasteiger partial charge in [-0.3, -0.25) is 0 Å². The maximum absolute atomic E-state index is 6.38. The van der Waals surface area contributed by atoms with Crippen LogP contribution in [0.2, 0.25) is 5.02 Å². The number of halogens is 1. The zero-order chi connectivity index (χ0) is 13.0. The zero-order valence-corrected chi connectivity index (χ0v) is 12.3. The highest BCUT2D eigenvalue weighted by Gasteiger charge is 2.16. The molecule has 0 saturated carbocycles. The van der Waals surface area contributed by atoms with Crippen molar-refractivity contribution in [2.45, 2.75) is 26.3 Å². The summed E-state index contributed by atoms with van der Waals surface area (Å²) in [5.74, 6) is 0. The molecule has 0 spiro atoms. The molecule has 0 saturated heterocycles. The average molecular weight is 280 g/mol. The van der Waals surface area contributed by atoms with Crippen LogP contribution in [0, 0.1) is 6.92 Å². The van der Waals surface area contributed by atoms with Crippen LogP contribution in [0.15, 0.2) is 35.0 Å². The van der Waals surface area contributed by atoms with Crippen molar-refractivity contribution in [3.8, 4) is 0 Å². The van der Waals surface area contributed by atoms with E-state index in [1.165, 1.54) is 11.1 Å². The van der Waals surface area contributed by atoms with Crippen LogP contribution in [0.3, 0.4) is 0 Å². The Morgan fingerprint density at radius 3 is 2.78 bits per heavy atom. The van der Waals surface area contributed by atoms with Gasteiger partial charge in [-0.25, -0.2) is 0 Å². The lowest BCUT2D eigenvalue weighted by Crippen LogP contribution is -2.23. The van der Waals surface area contributed by atoms with Gasteiger partial charge < -0.3 is 5.32 Å². The summed E-state index contributed by atoms with van der Waals surface area (Å²) in [6.07, 6.45) is 1.12. The van der Waals surface area contributed by atoms with Crippen LogP contribution < -0.4 is 5.32 Å². The highest BCUT2D eigenvalue weighted by Crippen LogP contribution is 2.30. The van der Waals surface area contributed by atoms with Crippen molar-refractivity contribution in [1.82, 2.24) is 5.32 Å². The number of hydrogen-bond donors (Lipinski definition) is 1. The molecule has 1 aromatic carbocycles. The minimum absolute atomic E-state index is 0.198. The standard InChI is InChI=1S/C15H18ClNS/c1-3-7-17-15(12-6-8-18-10-12)13-5-4-11(2)9-14(13)16/h4-6,8-10,15,17H,3,7H2,1-2H3. The summed E-state index contributed by atoms with van der Waals surface area (Å²) in [6.45, 7) is 5.23. The third-order valence-corrected chi connectivity index (χ3v) is 3.97. The number of nitrogens with one attached hydrogen (secondary N) is 1. The van der Waals surface area contributed by atoms with Gasteiger partial charge in [-0.1, -0.05) is 30.7 Å². The fourth-order valence-electron chi connectivity index (χ4n) is 2.00. The first-order valence-corrected chi connectivity index (χ1v) is 7.56. The summed E-state index contributed by atoms with van der Waals surface area (Å²) in [5, 5.41) is 8.71. The molecule has 1 nitrogen and oxygen atoms in total. The normalized spacial score (nSPS) is 12.6. The van der Waals surface area contributed by atoms with Crippen LogP contribution in [0.25, 0.3) is 0 Å². The third kappa shape index (κ3) is 3.14. The van der Waals surface area contributed by atoms with Crippen LogP contribution in [-0.4, -0.2) is 6.54 Å². The third-order valence-electron chi connectivity index (χ3n) is 2.94. The van der Waals surface area contributed by atoms with Crippen molar-refractivity contribution in [2.75, 3.05) is 6.54 Å². The van der Waals surface area contributed by atoms with Gasteiger partial charge in [-0.05, 0) is 59.5 Å². The molecule has 3 heteroatoms. The largest absolute Gasteiger partial charge is 0.306 e. The lowest BCUT2D eigenvalue weighted by molar-refractivity contribution is 0.600. The molecule has 0 bridgehead atoms. The molecule has 1 N–H and O–H groups in total. The van der Waals surface area contributed by atoms with Crippen LogP contribution in [0.5, 0.6) is 0 Å². The molecule has 0 aliphatic rings. The van der Waals surface area contributed by atoms with E-state index < -0.39 is 0 Å². The first kappa shape index (κ1) is 13.6. The molecule has 0 radical (unpaired) electrons. The summed E-state index contributed by atoms with van der Waals surface area (Å²) in [5.41, 5.74) is 3.65. The van der Waals surface area contributed by atoms with E-state index >= 15 is 0 Å². The van der Waals surface area contributed by atoms with Crippen molar-refractivity contribution in [1.29, 1.82) is 0 Å². The van der Waals surface area contributed by atoms with Gasteiger partial charge in [0.15, 0.2) is 0 Å². The fraction of sp³-hybridized carbons (Fsp3) is 0.333. The SMILES string of the molecule is CCCNC(c1ccsc1)c1ccc(C)cc1Cl. The number of benzene rings is 1. The zero-order valence-electron chi connectivity index (χ0n) is 10.7. The molecule has 1 aromatic heterocycles. The Labute approximate surface area is 118 Å². The predicted octanol–water partition coefficient (Wildman–Crippen LogP) is 4.80. The maximum Gasteiger partial charge on any atom is 0.0599 e. The van der Waals surface area contributed by atoms with E-state index in [1.54, 1.807) is 11.3 Å². The first-order valence-electron chi connectivity index (χ1n) is 6.24. The lowest BCUT2D eigenvalue weighted by atomic mass is 10.00. The number of thiophene rings is 1. The Balaban J connectivity index is 2.33. The number of hydrogen-bond acceptors (Lipinski definition) is 2. The molecule has 1 unspecified atom stereocenters. The van der Waals surface area contributed by atoms with Gasteiger partial charge in [0.05, 0.1) is 6.04 Å². The average Bonchev–Trinajstić information content (AvgIpc) is 2.85. The molecular weight excluding hydrogens is 262 g/mol. The smallest absolute Gasteiger partial charge is 0.0599 e. The summed E-state index contributed by atoms with van der Waals surface area (Å²) in [6, 6.07) is 8.64. The summed E-state index contributed by atoms with van der Waals surface area (Å²) < 4.78 is 0. The van der Waals surface area contributed by atoms with Gasteiger partial charge in [0, 0.05) is 5.02 Å². The Bertz CT molecular complexity index is 493. The molecule has 1 heterocycles. The summed E-state index contributed by atoms with van der Waals surface area (Å²) in [4.78, 5) is 0. The van der Waals surface area contributed by atoms with Gasteiger partial charge in [-0.2, -0.15) is 11.3 Å². The molecule has 0 aliphatic carbocycles. The van der Waals surface area contributed by atoms with Crippen molar-refractivity contribution in [2.24, 2.45) is 0 Å². The van der Waals surface area contributed by atoms with E-state index in [0.717, 1.165) is 23.6 Å². The molecule has 2 aromatic rings. The van der Waals surface area contributed by atoms with Gasteiger partial charge in [-0.15, -0.1) is 0 Å². The Morgan fingerprint density at radius 1 is 1.33 bits per heavy atom. The van der Waals surface area contributed by atoms with Gasteiger partial charge in [0.25, 0.3) is 0 Å². The predicted molar refractivity (Wildman–Crippen MR) is 80.6 cm³/mol. The first-order chi connectivity index (χ1) is 8.72. The van der Waals surface area contributed by atoms with Crippen molar-refractivity contribution >= 4 is 22.9 Å². The van der Waals surface area contributed by atoms with E-state index in [2.05, 4.69) is 48.1 Å². The van der Waals surface area contributed by atoms with Crippen LogP contribution >= 0.6 is 22.9 Å². The molecule has 18 heavy (non-hydrogen) atoms. The minimum atomic E-state index is 0.198. The van der Waals surface area contributed by atoms with Crippen molar-refractivity contribution < 1.29 is 0 Å². The second-order valence-electron chi connectivity index (χ2n) is 4.47. The van der Waals surface area contributed by atoms with Crippen molar-refractivity contribution in [3.05, 3.63) is 56.7 Å². The highest BCUT2D eigenvalue weighted by molar-refractivity contribution is 7.08. The van der Waals surface area contributed by atoms with Crippen molar-refractivity contribution in [3.63, 3.8) is 0 Å². The monoisotopic (exact) mass is 279 g/mol. The highest BCUT2D eigenvalue weighted by atomic mass is 35.5. The molecule has 0 amide bonds.